The van der Waals surface area contributed by atoms with Gasteiger partial charge >= 0.3 is 0 Å². The van der Waals surface area contributed by atoms with E-state index >= 15 is 0 Å². The molecule has 6 heteroatoms. The smallest absolute Gasteiger partial charge is 0.271 e. The fourth-order valence-corrected chi connectivity index (χ4v) is 3.08. The molecule has 2 aromatic carbocycles. The lowest BCUT2D eigenvalue weighted by atomic mass is 10.00. The molecule has 1 atom stereocenters. The standard InChI is InChI=1S/C24H22N4O2/c1-16(19-7-9-20(10-8-19)21-4-2-3-18(11-21)12-25)28-24(29)22-13-27-23(14-26-22)30-15-17-5-6-17/h2-4,7-11,13-14,16-17H,5-6,15H2,1H3,(H,28,29). The zero-order valence-corrected chi connectivity index (χ0v) is 16.7. The van der Waals surface area contributed by atoms with Crippen LogP contribution < -0.4 is 10.1 Å². The summed E-state index contributed by atoms with van der Waals surface area (Å²) in [5.41, 5.74) is 3.85. The van der Waals surface area contributed by atoms with Crippen LogP contribution in [0.5, 0.6) is 5.88 Å². The molecular formula is C24H22N4O2. The lowest BCUT2D eigenvalue weighted by molar-refractivity contribution is 0.0934. The molecular weight excluding hydrogens is 376 g/mol. The molecule has 1 heterocycles. The Morgan fingerprint density at radius 3 is 2.63 bits per heavy atom. The SMILES string of the molecule is CC(NC(=O)c1cnc(OCC2CC2)cn1)c1ccc(-c2cccc(C#N)c2)cc1. The van der Waals surface area contributed by atoms with Gasteiger partial charge in [-0.05, 0) is 54.5 Å². The van der Waals surface area contributed by atoms with Crippen LogP contribution in [-0.2, 0) is 0 Å². The van der Waals surface area contributed by atoms with Crippen molar-refractivity contribution in [1.82, 2.24) is 15.3 Å². The second-order valence-electron chi connectivity index (χ2n) is 7.50. The Hall–Kier alpha value is -3.72. The van der Waals surface area contributed by atoms with E-state index in [1.54, 1.807) is 6.07 Å². The molecule has 1 N–H and O–H groups in total. The van der Waals surface area contributed by atoms with Crippen molar-refractivity contribution in [2.24, 2.45) is 5.92 Å². The highest BCUT2D eigenvalue weighted by molar-refractivity contribution is 5.92. The maximum Gasteiger partial charge on any atom is 0.271 e. The molecule has 1 saturated carbocycles. The highest BCUT2D eigenvalue weighted by Gasteiger charge is 2.22. The van der Waals surface area contributed by atoms with Gasteiger partial charge in [0, 0.05) is 0 Å². The van der Waals surface area contributed by atoms with Gasteiger partial charge in [0.15, 0.2) is 0 Å². The van der Waals surface area contributed by atoms with Crippen LogP contribution in [0, 0.1) is 17.2 Å². The number of ether oxygens (including phenoxy) is 1. The number of benzene rings is 2. The van der Waals surface area contributed by atoms with Gasteiger partial charge in [-0.1, -0.05) is 36.4 Å². The molecule has 0 aliphatic heterocycles. The molecule has 0 saturated heterocycles. The first-order valence-corrected chi connectivity index (χ1v) is 9.98. The summed E-state index contributed by atoms with van der Waals surface area (Å²) in [4.78, 5) is 20.8. The van der Waals surface area contributed by atoms with Gasteiger partial charge in [-0.25, -0.2) is 9.97 Å². The van der Waals surface area contributed by atoms with E-state index < -0.39 is 0 Å². The third kappa shape index (κ3) is 4.81. The highest BCUT2D eigenvalue weighted by atomic mass is 16.5. The molecule has 0 spiro atoms. The van der Waals surface area contributed by atoms with Crippen LogP contribution in [0.15, 0.2) is 60.9 Å². The van der Waals surface area contributed by atoms with E-state index in [-0.39, 0.29) is 17.6 Å². The van der Waals surface area contributed by atoms with Crippen molar-refractivity contribution >= 4 is 5.91 Å². The zero-order valence-electron chi connectivity index (χ0n) is 16.7. The number of aromatic nitrogens is 2. The van der Waals surface area contributed by atoms with E-state index in [1.807, 2.05) is 49.4 Å². The van der Waals surface area contributed by atoms with E-state index in [1.165, 1.54) is 25.2 Å². The molecule has 1 aromatic heterocycles. The summed E-state index contributed by atoms with van der Waals surface area (Å²) in [6.45, 7) is 2.58. The van der Waals surface area contributed by atoms with E-state index in [0.717, 1.165) is 16.7 Å². The lowest BCUT2D eigenvalue weighted by Crippen LogP contribution is -2.27. The van der Waals surface area contributed by atoms with Crippen molar-refractivity contribution in [2.45, 2.75) is 25.8 Å². The number of carbonyl (C=O) groups excluding carboxylic acids is 1. The summed E-state index contributed by atoms with van der Waals surface area (Å²) in [6, 6.07) is 17.4. The number of carbonyl (C=O) groups is 1. The molecule has 6 nitrogen and oxygen atoms in total. The molecule has 3 aromatic rings. The first kappa shape index (κ1) is 19.6. The van der Waals surface area contributed by atoms with Gasteiger partial charge in [0.1, 0.15) is 5.69 Å². The van der Waals surface area contributed by atoms with Gasteiger partial charge in [0.05, 0.1) is 36.7 Å². The minimum Gasteiger partial charge on any atom is -0.476 e. The Morgan fingerprint density at radius 1 is 1.17 bits per heavy atom. The van der Waals surface area contributed by atoms with E-state index in [9.17, 15) is 4.79 Å². The van der Waals surface area contributed by atoms with Crippen LogP contribution in [0.4, 0.5) is 0 Å². The molecule has 0 bridgehead atoms. The fourth-order valence-electron chi connectivity index (χ4n) is 3.08. The molecule has 4 rings (SSSR count). The number of hydrogen-bond donors (Lipinski definition) is 1. The van der Waals surface area contributed by atoms with Crippen LogP contribution in [0.25, 0.3) is 11.1 Å². The van der Waals surface area contributed by atoms with E-state index in [2.05, 4.69) is 21.4 Å². The predicted molar refractivity (Wildman–Crippen MR) is 113 cm³/mol. The van der Waals surface area contributed by atoms with Gasteiger partial charge in [-0.15, -0.1) is 0 Å². The Balaban J connectivity index is 1.37. The first-order chi connectivity index (χ1) is 14.6. The average molecular weight is 398 g/mol. The van der Waals surface area contributed by atoms with Gasteiger partial charge in [-0.2, -0.15) is 5.26 Å². The van der Waals surface area contributed by atoms with Crippen molar-refractivity contribution in [1.29, 1.82) is 5.26 Å². The van der Waals surface area contributed by atoms with Gasteiger partial charge in [0.2, 0.25) is 5.88 Å². The van der Waals surface area contributed by atoms with Crippen LogP contribution in [0.1, 0.15) is 47.4 Å². The van der Waals surface area contributed by atoms with Crippen LogP contribution in [-0.4, -0.2) is 22.5 Å². The second kappa shape index (κ2) is 8.75. The highest BCUT2D eigenvalue weighted by Crippen LogP contribution is 2.29. The number of nitriles is 1. The van der Waals surface area contributed by atoms with Crippen molar-refractivity contribution in [3.8, 4) is 23.1 Å². The molecule has 150 valence electrons. The van der Waals surface area contributed by atoms with E-state index in [0.29, 0.717) is 24.0 Å². The quantitative estimate of drug-likeness (QED) is 0.641. The number of nitrogens with zero attached hydrogens (tertiary/aromatic N) is 3. The summed E-state index contributed by atoms with van der Waals surface area (Å²) in [5, 5.41) is 12.0. The zero-order chi connectivity index (χ0) is 20.9. The molecule has 1 amide bonds. The third-order valence-corrected chi connectivity index (χ3v) is 5.11. The maximum absolute atomic E-state index is 12.5. The van der Waals surface area contributed by atoms with Crippen molar-refractivity contribution in [3.63, 3.8) is 0 Å². The summed E-state index contributed by atoms with van der Waals surface area (Å²) >= 11 is 0. The largest absolute Gasteiger partial charge is 0.476 e. The van der Waals surface area contributed by atoms with E-state index in [4.69, 9.17) is 10.00 Å². The summed E-state index contributed by atoms with van der Waals surface area (Å²) in [7, 11) is 0. The Kier molecular flexibility index (Phi) is 5.71. The Labute approximate surface area is 175 Å². The lowest BCUT2D eigenvalue weighted by Gasteiger charge is -2.15. The molecule has 0 radical (unpaired) electrons. The second-order valence-corrected chi connectivity index (χ2v) is 7.50. The first-order valence-electron chi connectivity index (χ1n) is 9.98. The summed E-state index contributed by atoms with van der Waals surface area (Å²) in [5.74, 6) is 0.800. The minimum absolute atomic E-state index is 0.190. The molecule has 1 unspecified atom stereocenters. The normalized spacial score (nSPS) is 13.9. The van der Waals surface area contributed by atoms with Crippen LogP contribution in [0.3, 0.4) is 0 Å². The van der Waals surface area contributed by atoms with Gasteiger partial charge < -0.3 is 10.1 Å². The average Bonchev–Trinajstić information content (AvgIpc) is 3.63. The molecule has 1 fully saturated rings. The number of nitrogens with one attached hydrogen (secondary N) is 1. The van der Waals surface area contributed by atoms with Crippen LogP contribution >= 0.6 is 0 Å². The van der Waals surface area contributed by atoms with Crippen LogP contribution in [0.2, 0.25) is 0 Å². The summed E-state index contributed by atoms with van der Waals surface area (Å²) in [6.07, 6.45) is 5.35. The van der Waals surface area contributed by atoms with Gasteiger partial charge in [0.25, 0.3) is 5.91 Å². The number of hydrogen-bond acceptors (Lipinski definition) is 5. The van der Waals surface area contributed by atoms with Crippen molar-refractivity contribution < 1.29 is 9.53 Å². The molecule has 1 aliphatic rings. The van der Waals surface area contributed by atoms with Crippen molar-refractivity contribution in [3.05, 3.63) is 77.7 Å². The number of amides is 1. The monoisotopic (exact) mass is 398 g/mol. The molecule has 1 aliphatic carbocycles. The minimum atomic E-state index is -0.283. The molecule has 30 heavy (non-hydrogen) atoms. The topological polar surface area (TPSA) is 87.9 Å². The fraction of sp³-hybridized carbons (Fsp3) is 0.250. The predicted octanol–water partition coefficient (Wildman–Crippen LogP) is 4.30. The van der Waals surface area contributed by atoms with Gasteiger partial charge in [-0.3, -0.25) is 4.79 Å². The maximum atomic E-state index is 12.5. The Morgan fingerprint density at radius 2 is 1.97 bits per heavy atom. The third-order valence-electron chi connectivity index (χ3n) is 5.11. The Bertz CT molecular complexity index is 1070. The number of rotatable bonds is 7. The van der Waals surface area contributed by atoms with Crippen molar-refractivity contribution in [2.75, 3.05) is 6.61 Å². The summed E-state index contributed by atoms with van der Waals surface area (Å²) < 4.78 is 5.55.